The van der Waals surface area contributed by atoms with Gasteiger partial charge in [-0.1, -0.05) is 6.07 Å². The molecule has 0 aromatic heterocycles. The standard InChI is InChI=1S/C13H17BF2O3/c1-12(2)13(3,4)19-14(18-12)9-5-6-10(15)8(7-17)11(9)16/h5-6,17H,7H2,1-4H3. The van der Waals surface area contributed by atoms with Crippen molar-refractivity contribution in [2.45, 2.75) is 45.5 Å². The van der Waals surface area contributed by atoms with E-state index in [-0.39, 0.29) is 11.0 Å². The van der Waals surface area contributed by atoms with Crippen molar-refractivity contribution in [1.29, 1.82) is 0 Å². The summed E-state index contributed by atoms with van der Waals surface area (Å²) in [6.45, 7) is 6.69. The van der Waals surface area contributed by atoms with Crippen LogP contribution in [0.5, 0.6) is 0 Å². The lowest BCUT2D eigenvalue weighted by Gasteiger charge is -2.32. The van der Waals surface area contributed by atoms with Gasteiger partial charge in [-0.15, -0.1) is 0 Å². The van der Waals surface area contributed by atoms with Crippen molar-refractivity contribution in [3.8, 4) is 0 Å². The van der Waals surface area contributed by atoms with Crippen molar-refractivity contribution >= 4 is 12.6 Å². The molecular weight excluding hydrogens is 253 g/mol. The number of aliphatic hydroxyl groups excluding tert-OH is 1. The highest BCUT2D eigenvalue weighted by Gasteiger charge is 2.52. The Hall–Kier alpha value is -0.975. The Balaban J connectivity index is 2.40. The first-order chi connectivity index (χ1) is 8.69. The van der Waals surface area contributed by atoms with E-state index in [4.69, 9.17) is 14.4 Å². The molecule has 1 heterocycles. The third-order valence-corrected chi connectivity index (χ3v) is 3.88. The van der Waals surface area contributed by atoms with Crippen LogP contribution >= 0.6 is 0 Å². The summed E-state index contributed by atoms with van der Waals surface area (Å²) in [5.41, 5.74) is -1.47. The topological polar surface area (TPSA) is 38.7 Å². The van der Waals surface area contributed by atoms with E-state index < -0.39 is 36.6 Å². The monoisotopic (exact) mass is 270 g/mol. The highest BCUT2D eigenvalue weighted by Crippen LogP contribution is 2.36. The molecular formula is C13H17BF2O3. The van der Waals surface area contributed by atoms with E-state index in [1.54, 1.807) is 0 Å². The Morgan fingerprint density at radius 2 is 1.63 bits per heavy atom. The molecule has 0 radical (unpaired) electrons. The fraction of sp³-hybridized carbons (Fsp3) is 0.538. The van der Waals surface area contributed by atoms with Gasteiger partial charge in [0.25, 0.3) is 0 Å². The zero-order chi connectivity index (χ0) is 14.4. The van der Waals surface area contributed by atoms with Crippen LogP contribution in [0.4, 0.5) is 8.78 Å². The summed E-state index contributed by atoms with van der Waals surface area (Å²) in [6, 6.07) is 2.39. The first-order valence-electron chi connectivity index (χ1n) is 6.13. The van der Waals surface area contributed by atoms with Gasteiger partial charge in [0.15, 0.2) is 0 Å². The fourth-order valence-corrected chi connectivity index (χ4v) is 1.91. The molecule has 0 bridgehead atoms. The van der Waals surface area contributed by atoms with Gasteiger partial charge in [-0.3, -0.25) is 0 Å². The second kappa shape index (κ2) is 4.54. The van der Waals surface area contributed by atoms with Crippen LogP contribution in [0.15, 0.2) is 12.1 Å². The summed E-state index contributed by atoms with van der Waals surface area (Å²) >= 11 is 0. The summed E-state index contributed by atoms with van der Waals surface area (Å²) in [7, 11) is -0.907. The molecule has 1 N–H and O–H groups in total. The van der Waals surface area contributed by atoms with Crippen LogP contribution in [0.3, 0.4) is 0 Å². The maximum Gasteiger partial charge on any atom is 0.497 e. The van der Waals surface area contributed by atoms with E-state index in [0.717, 1.165) is 6.07 Å². The molecule has 19 heavy (non-hydrogen) atoms. The molecule has 0 aliphatic carbocycles. The lowest BCUT2D eigenvalue weighted by molar-refractivity contribution is 0.00578. The molecule has 0 unspecified atom stereocenters. The summed E-state index contributed by atoms with van der Waals surface area (Å²) in [5, 5.41) is 9.01. The van der Waals surface area contributed by atoms with E-state index in [2.05, 4.69) is 0 Å². The second-order valence-electron chi connectivity index (χ2n) is 5.68. The van der Waals surface area contributed by atoms with Crippen LogP contribution in [-0.2, 0) is 15.9 Å². The summed E-state index contributed by atoms with van der Waals surface area (Å²) in [4.78, 5) is 0. The maximum absolute atomic E-state index is 14.1. The van der Waals surface area contributed by atoms with Gasteiger partial charge >= 0.3 is 7.12 Å². The largest absolute Gasteiger partial charge is 0.497 e. The first kappa shape index (κ1) is 14.4. The van der Waals surface area contributed by atoms with Crippen molar-refractivity contribution in [3.05, 3.63) is 29.3 Å². The molecule has 1 aromatic carbocycles. The van der Waals surface area contributed by atoms with Gasteiger partial charge in [-0.05, 0) is 33.8 Å². The number of aliphatic hydroxyl groups is 1. The molecule has 1 fully saturated rings. The maximum atomic E-state index is 14.1. The van der Waals surface area contributed by atoms with Crippen LogP contribution in [-0.4, -0.2) is 23.4 Å². The molecule has 0 atom stereocenters. The van der Waals surface area contributed by atoms with Crippen LogP contribution < -0.4 is 5.46 Å². The van der Waals surface area contributed by atoms with Crippen molar-refractivity contribution < 1.29 is 23.2 Å². The number of benzene rings is 1. The molecule has 104 valence electrons. The summed E-state index contributed by atoms with van der Waals surface area (Å²) in [5.74, 6) is -1.60. The van der Waals surface area contributed by atoms with Crippen molar-refractivity contribution in [1.82, 2.24) is 0 Å². The molecule has 1 aliphatic heterocycles. The molecule has 2 rings (SSSR count). The number of hydrogen-bond donors (Lipinski definition) is 1. The van der Waals surface area contributed by atoms with Gasteiger partial charge in [0.2, 0.25) is 0 Å². The zero-order valence-corrected chi connectivity index (χ0v) is 11.5. The van der Waals surface area contributed by atoms with E-state index in [9.17, 15) is 8.78 Å². The zero-order valence-electron chi connectivity index (χ0n) is 11.5. The molecule has 1 aliphatic rings. The van der Waals surface area contributed by atoms with Gasteiger partial charge in [0, 0.05) is 11.0 Å². The quantitative estimate of drug-likeness (QED) is 0.832. The number of halogens is 2. The average molecular weight is 270 g/mol. The van der Waals surface area contributed by atoms with Gasteiger partial charge in [-0.2, -0.15) is 0 Å². The van der Waals surface area contributed by atoms with Crippen molar-refractivity contribution in [3.63, 3.8) is 0 Å². The molecule has 0 spiro atoms. The molecule has 1 saturated heterocycles. The van der Waals surface area contributed by atoms with Gasteiger partial charge in [0.1, 0.15) is 11.6 Å². The van der Waals surface area contributed by atoms with Crippen molar-refractivity contribution in [2.75, 3.05) is 0 Å². The molecule has 3 nitrogen and oxygen atoms in total. The van der Waals surface area contributed by atoms with Crippen molar-refractivity contribution in [2.24, 2.45) is 0 Å². The Kier molecular flexibility index (Phi) is 3.45. The van der Waals surface area contributed by atoms with Crippen LogP contribution in [0.25, 0.3) is 0 Å². The molecule has 0 saturated carbocycles. The summed E-state index contributed by atoms with van der Waals surface area (Å²) in [6.07, 6.45) is 0. The SMILES string of the molecule is CC1(C)OB(c2ccc(F)c(CO)c2F)OC1(C)C. The minimum absolute atomic E-state index is 0.101. The van der Waals surface area contributed by atoms with Crippen LogP contribution in [0.1, 0.15) is 33.3 Å². The smallest absolute Gasteiger partial charge is 0.399 e. The van der Waals surface area contributed by atoms with E-state index in [1.165, 1.54) is 6.07 Å². The highest BCUT2D eigenvalue weighted by atomic mass is 19.1. The molecule has 1 aromatic rings. The highest BCUT2D eigenvalue weighted by molar-refractivity contribution is 6.62. The number of hydrogen-bond acceptors (Lipinski definition) is 3. The summed E-state index contributed by atoms with van der Waals surface area (Å²) < 4.78 is 38.9. The van der Waals surface area contributed by atoms with Gasteiger partial charge in [0.05, 0.1) is 17.8 Å². The Labute approximate surface area is 111 Å². The normalized spacial score (nSPS) is 20.9. The lowest BCUT2D eigenvalue weighted by Crippen LogP contribution is -2.41. The van der Waals surface area contributed by atoms with Crippen LogP contribution in [0.2, 0.25) is 0 Å². The predicted octanol–water partition coefficient (Wildman–Crippen LogP) is 1.76. The molecule has 0 amide bonds. The Morgan fingerprint density at radius 3 is 2.11 bits per heavy atom. The van der Waals surface area contributed by atoms with E-state index >= 15 is 0 Å². The first-order valence-corrected chi connectivity index (χ1v) is 6.13. The van der Waals surface area contributed by atoms with Gasteiger partial charge in [-0.25, -0.2) is 8.78 Å². The van der Waals surface area contributed by atoms with Crippen LogP contribution in [0, 0.1) is 11.6 Å². The Morgan fingerprint density at radius 1 is 1.11 bits per heavy atom. The third-order valence-electron chi connectivity index (χ3n) is 3.88. The predicted molar refractivity (Wildman–Crippen MR) is 68.0 cm³/mol. The lowest BCUT2D eigenvalue weighted by atomic mass is 9.77. The minimum atomic E-state index is -0.907. The average Bonchev–Trinajstić information content (AvgIpc) is 2.48. The second-order valence-corrected chi connectivity index (χ2v) is 5.68. The third kappa shape index (κ3) is 2.28. The minimum Gasteiger partial charge on any atom is -0.399 e. The van der Waals surface area contributed by atoms with E-state index in [1.807, 2.05) is 27.7 Å². The molecule has 6 heteroatoms. The van der Waals surface area contributed by atoms with E-state index in [0.29, 0.717) is 0 Å². The fourth-order valence-electron chi connectivity index (χ4n) is 1.91. The number of rotatable bonds is 2. The Bertz CT molecular complexity index is 487. The van der Waals surface area contributed by atoms with Gasteiger partial charge < -0.3 is 14.4 Å².